The summed E-state index contributed by atoms with van der Waals surface area (Å²) in [5.41, 5.74) is -1.21. The van der Waals surface area contributed by atoms with Crippen molar-refractivity contribution in [2.75, 3.05) is 6.61 Å². The molecule has 12 nitrogen and oxygen atoms in total. The molecule has 4 N–H and O–H groups in total. The van der Waals surface area contributed by atoms with Gasteiger partial charge in [0.2, 0.25) is 11.5 Å². The van der Waals surface area contributed by atoms with Gasteiger partial charge in [0.1, 0.15) is 18.4 Å². The molecule has 3 rings (SSSR count). The number of carboxylic acid groups (broad SMARTS) is 2. The van der Waals surface area contributed by atoms with E-state index in [0.29, 0.717) is 11.5 Å². The van der Waals surface area contributed by atoms with Gasteiger partial charge in [0.25, 0.3) is 5.91 Å². The van der Waals surface area contributed by atoms with Crippen LogP contribution in [0.4, 0.5) is 0 Å². The van der Waals surface area contributed by atoms with E-state index >= 15 is 0 Å². The zero-order valence-corrected chi connectivity index (χ0v) is 22.5. The Hall–Kier alpha value is -4.48. The molecular formula is C28H33N3O9. The first-order chi connectivity index (χ1) is 18.9. The maximum atomic E-state index is 13.2. The Kier molecular flexibility index (Phi) is 9.81. The molecule has 0 spiro atoms. The Morgan fingerprint density at radius 3 is 2.35 bits per heavy atom. The van der Waals surface area contributed by atoms with Crippen molar-refractivity contribution in [2.45, 2.75) is 64.1 Å². The first-order valence-corrected chi connectivity index (χ1v) is 12.8. The number of benzene rings is 2. The highest BCUT2D eigenvalue weighted by Crippen LogP contribution is 2.27. The summed E-state index contributed by atoms with van der Waals surface area (Å²) in [6.45, 7) is 4.61. The smallest absolute Gasteiger partial charge is 0.305 e. The molecule has 0 radical (unpaired) electrons. The number of ether oxygens (including phenoxy) is 1. The maximum Gasteiger partial charge on any atom is 0.305 e. The molecule has 0 fully saturated rings. The van der Waals surface area contributed by atoms with Crippen molar-refractivity contribution >= 4 is 46.0 Å². The zero-order chi connectivity index (χ0) is 29.4. The minimum absolute atomic E-state index is 0.0392. The number of amides is 2. The molecule has 0 aliphatic carbocycles. The Morgan fingerprint density at radius 1 is 1.00 bits per heavy atom. The number of carbonyl (C=O) groups excluding carboxylic acids is 3. The molecule has 2 aromatic carbocycles. The summed E-state index contributed by atoms with van der Waals surface area (Å²) in [4.78, 5) is 65.9. The second-order valence-corrected chi connectivity index (χ2v) is 10.2. The summed E-state index contributed by atoms with van der Waals surface area (Å²) in [6.07, 6.45) is -1.25. The van der Waals surface area contributed by atoms with Gasteiger partial charge in [-0.15, -0.1) is 0 Å². The van der Waals surface area contributed by atoms with Gasteiger partial charge in [-0.05, 0) is 35.7 Å². The van der Waals surface area contributed by atoms with E-state index in [2.05, 4.69) is 15.8 Å². The van der Waals surface area contributed by atoms with Crippen LogP contribution in [0, 0.1) is 5.92 Å². The highest BCUT2D eigenvalue weighted by Gasteiger charge is 2.45. The molecule has 2 amide bonds. The summed E-state index contributed by atoms with van der Waals surface area (Å²) < 4.78 is 5.59. The van der Waals surface area contributed by atoms with Crippen LogP contribution in [-0.2, 0) is 28.8 Å². The van der Waals surface area contributed by atoms with Crippen molar-refractivity contribution in [1.82, 2.24) is 10.6 Å². The van der Waals surface area contributed by atoms with Gasteiger partial charge in [0, 0.05) is 12.8 Å². The maximum absolute atomic E-state index is 13.2. The molecule has 214 valence electrons. The number of ketones is 1. The molecule has 0 saturated heterocycles. The van der Waals surface area contributed by atoms with Crippen LogP contribution in [0.3, 0.4) is 0 Å². The average Bonchev–Trinajstić information content (AvgIpc) is 3.31. The summed E-state index contributed by atoms with van der Waals surface area (Å²) in [5.74, 6) is -4.01. The number of nitrogens with zero attached hydrogens (tertiary/aromatic N) is 1. The van der Waals surface area contributed by atoms with Gasteiger partial charge in [-0.1, -0.05) is 49.3 Å². The Morgan fingerprint density at radius 2 is 1.70 bits per heavy atom. The topological polar surface area (TPSA) is 181 Å². The lowest BCUT2D eigenvalue weighted by atomic mass is 9.90. The minimum Gasteiger partial charge on any atom is -0.486 e. The van der Waals surface area contributed by atoms with Crippen LogP contribution in [0.5, 0.6) is 5.75 Å². The third-order valence-corrected chi connectivity index (χ3v) is 6.45. The second kappa shape index (κ2) is 13.0. The third-order valence-electron chi connectivity index (χ3n) is 6.45. The highest BCUT2D eigenvalue weighted by atomic mass is 16.7. The van der Waals surface area contributed by atoms with E-state index in [9.17, 15) is 29.1 Å². The van der Waals surface area contributed by atoms with Crippen LogP contribution in [-0.4, -0.2) is 69.8 Å². The van der Waals surface area contributed by atoms with Gasteiger partial charge < -0.3 is 30.4 Å². The summed E-state index contributed by atoms with van der Waals surface area (Å²) in [7, 11) is 0. The number of fused-ring (bicyclic) bond motifs is 1. The molecule has 1 aliphatic heterocycles. The highest BCUT2D eigenvalue weighted by molar-refractivity contribution is 6.01. The Bertz CT molecular complexity index is 1320. The van der Waals surface area contributed by atoms with E-state index in [1.807, 2.05) is 44.2 Å². The van der Waals surface area contributed by atoms with Crippen molar-refractivity contribution in [1.29, 1.82) is 0 Å². The number of hydrogen-bond donors (Lipinski definition) is 4. The third kappa shape index (κ3) is 8.01. The summed E-state index contributed by atoms with van der Waals surface area (Å²) in [6, 6.07) is 10.9. The first kappa shape index (κ1) is 30.1. The van der Waals surface area contributed by atoms with Gasteiger partial charge in [-0.3, -0.25) is 24.0 Å². The van der Waals surface area contributed by atoms with E-state index in [-0.39, 0.29) is 25.2 Å². The molecule has 3 unspecified atom stereocenters. The van der Waals surface area contributed by atoms with Crippen LogP contribution in [0.15, 0.2) is 47.6 Å². The standard InChI is InChI=1S/C28H33N3O9/c1-16(2)26(30-23(33)10-11-24(34)35)21-14-28(3,40-31-21)27(38)29-20(13-25(36)37)22(32)15-39-19-9-8-17-6-4-5-7-18(17)12-19/h4-9,12,16,20,26H,10-11,13-15H2,1-3H3,(H,29,38)(H,30,33)(H,34,35)(H,36,37). The number of Topliss-reactive ketones (excluding diaryl/α,β-unsaturated/α-hetero) is 1. The number of carboxylic acids is 2. The molecule has 12 heteroatoms. The lowest BCUT2D eigenvalue weighted by molar-refractivity contribution is -0.146. The molecule has 1 aliphatic rings. The van der Waals surface area contributed by atoms with Crippen LogP contribution >= 0.6 is 0 Å². The predicted octanol–water partition coefficient (Wildman–Crippen LogP) is 2.29. The van der Waals surface area contributed by atoms with Crippen LogP contribution < -0.4 is 15.4 Å². The molecule has 0 aromatic heterocycles. The minimum atomic E-state index is -1.56. The van der Waals surface area contributed by atoms with E-state index in [0.717, 1.165) is 10.8 Å². The monoisotopic (exact) mass is 555 g/mol. The first-order valence-electron chi connectivity index (χ1n) is 12.8. The van der Waals surface area contributed by atoms with Gasteiger partial charge in [-0.2, -0.15) is 0 Å². The van der Waals surface area contributed by atoms with Crippen LogP contribution in [0.2, 0.25) is 0 Å². The van der Waals surface area contributed by atoms with Crippen molar-refractivity contribution in [3.8, 4) is 5.75 Å². The number of rotatable bonds is 14. The van der Waals surface area contributed by atoms with E-state index in [1.54, 1.807) is 12.1 Å². The molecule has 0 bridgehead atoms. The van der Waals surface area contributed by atoms with Crippen molar-refractivity contribution in [3.63, 3.8) is 0 Å². The van der Waals surface area contributed by atoms with E-state index in [1.165, 1.54) is 6.92 Å². The fourth-order valence-electron chi connectivity index (χ4n) is 4.20. The molecule has 2 aromatic rings. The quantitative estimate of drug-likeness (QED) is 0.272. The van der Waals surface area contributed by atoms with Crippen LogP contribution in [0.1, 0.15) is 46.5 Å². The van der Waals surface area contributed by atoms with E-state index in [4.69, 9.17) is 14.7 Å². The lowest BCUT2D eigenvalue weighted by Gasteiger charge is -2.25. The van der Waals surface area contributed by atoms with Gasteiger partial charge in [0.15, 0.2) is 5.78 Å². The van der Waals surface area contributed by atoms with Crippen molar-refractivity contribution in [3.05, 3.63) is 42.5 Å². The molecule has 0 saturated carbocycles. The molecular weight excluding hydrogens is 522 g/mol. The van der Waals surface area contributed by atoms with Gasteiger partial charge >= 0.3 is 11.9 Å². The fourth-order valence-corrected chi connectivity index (χ4v) is 4.20. The van der Waals surface area contributed by atoms with Crippen molar-refractivity contribution in [2.24, 2.45) is 11.1 Å². The van der Waals surface area contributed by atoms with Gasteiger partial charge in [-0.25, -0.2) is 0 Å². The number of aliphatic carboxylic acids is 2. The molecule has 1 heterocycles. The Labute approximate surface area is 230 Å². The fraction of sp³-hybridized carbons (Fsp3) is 0.429. The largest absolute Gasteiger partial charge is 0.486 e. The zero-order valence-electron chi connectivity index (χ0n) is 22.5. The summed E-state index contributed by atoms with van der Waals surface area (Å²) in [5, 5.41) is 29.2. The van der Waals surface area contributed by atoms with Gasteiger partial charge in [0.05, 0.1) is 24.6 Å². The number of nitrogens with one attached hydrogen (secondary N) is 2. The SMILES string of the molecule is CC(C)C(NC(=O)CCC(=O)O)C1=NOC(C)(C(=O)NC(CC(=O)O)C(=O)COc2ccc3ccccc3c2)C1. The lowest BCUT2D eigenvalue weighted by Crippen LogP contribution is -2.53. The molecule has 3 atom stereocenters. The number of oxime groups is 1. The second-order valence-electron chi connectivity index (χ2n) is 10.2. The number of carbonyl (C=O) groups is 5. The van der Waals surface area contributed by atoms with Crippen molar-refractivity contribution < 1.29 is 43.8 Å². The van der Waals surface area contributed by atoms with Crippen LogP contribution in [0.25, 0.3) is 10.8 Å². The Balaban J connectivity index is 1.63. The van der Waals surface area contributed by atoms with E-state index < -0.39 is 60.2 Å². The normalized spacial score (nSPS) is 17.9. The summed E-state index contributed by atoms with van der Waals surface area (Å²) >= 11 is 0. The molecule has 40 heavy (non-hydrogen) atoms. The predicted molar refractivity (Wildman–Crippen MR) is 144 cm³/mol. The number of hydrogen-bond acceptors (Lipinski definition) is 8. The average molecular weight is 556 g/mol.